The number of amides is 1. The molecule has 0 aliphatic carbocycles. The molecular formula is C37H36Cl2F3N9O3S. The van der Waals surface area contributed by atoms with E-state index in [1.54, 1.807) is 25.5 Å². The number of nitrogens with one attached hydrogen (secondary N) is 1. The van der Waals surface area contributed by atoms with E-state index in [0.29, 0.717) is 49.0 Å². The lowest BCUT2D eigenvalue weighted by atomic mass is 9.95. The molecule has 2 atom stereocenters. The first kappa shape index (κ1) is 37.4. The van der Waals surface area contributed by atoms with Crippen LogP contribution >= 0.6 is 34.5 Å². The molecule has 0 spiro atoms. The van der Waals surface area contributed by atoms with E-state index in [1.165, 1.54) is 12.1 Å². The fraction of sp³-hybridized carbons (Fsp3) is 0.432. The molecule has 0 saturated carbocycles. The van der Waals surface area contributed by atoms with Crippen LogP contribution in [0.1, 0.15) is 57.7 Å². The number of alkyl halides is 1. The molecule has 18 heteroatoms. The van der Waals surface area contributed by atoms with Gasteiger partial charge in [0.2, 0.25) is 0 Å². The number of nitrogens with two attached hydrogens (primary N) is 1. The average molecular weight is 815 g/mol. The second kappa shape index (κ2) is 13.9. The van der Waals surface area contributed by atoms with E-state index >= 15 is 8.78 Å². The maximum atomic E-state index is 17.4. The normalized spacial score (nSPS) is 20.1. The van der Waals surface area contributed by atoms with Crippen LogP contribution in [-0.4, -0.2) is 74.3 Å². The number of rotatable bonds is 6. The molecule has 3 aliphatic rings. The van der Waals surface area contributed by atoms with E-state index in [-0.39, 0.29) is 72.7 Å². The molecule has 55 heavy (non-hydrogen) atoms. The Morgan fingerprint density at radius 3 is 2.76 bits per heavy atom. The lowest BCUT2D eigenvalue weighted by Gasteiger charge is -2.31. The summed E-state index contributed by atoms with van der Waals surface area (Å²) in [7, 11) is 0. The summed E-state index contributed by atoms with van der Waals surface area (Å²) in [5, 5.41) is 17.8. The monoisotopic (exact) mass is 813 g/mol. The summed E-state index contributed by atoms with van der Waals surface area (Å²) in [6.45, 7) is 7.45. The van der Waals surface area contributed by atoms with Gasteiger partial charge in [0, 0.05) is 42.4 Å². The predicted molar refractivity (Wildman–Crippen MR) is 206 cm³/mol. The number of fused-ring (bicyclic) bond motifs is 4. The summed E-state index contributed by atoms with van der Waals surface area (Å²) in [5.41, 5.74) is 5.07. The second-order valence-corrected chi connectivity index (χ2v) is 16.9. The van der Waals surface area contributed by atoms with E-state index in [4.69, 9.17) is 43.4 Å². The summed E-state index contributed by atoms with van der Waals surface area (Å²) < 4.78 is 60.8. The van der Waals surface area contributed by atoms with E-state index in [0.717, 1.165) is 36.8 Å². The predicted octanol–water partition coefficient (Wildman–Crippen LogP) is 8.46. The number of thiophene rings is 1. The molecule has 5 aromatic rings. The minimum atomic E-state index is -0.985. The lowest BCUT2D eigenvalue weighted by molar-refractivity contribution is 0.0636. The summed E-state index contributed by atoms with van der Waals surface area (Å²) in [4.78, 5) is 26.1. The summed E-state index contributed by atoms with van der Waals surface area (Å²) >= 11 is 14.4. The highest BCUT2D eigenvalue weighted by Crippen LogP contribution is 2.47. The van der Waals surface area contributed by atoms with Crippen molar-refractivity contribution in [2.24, 2.45) is 0 Å². The SMILES string of the molecule is CC(C)(C)OC(=O)Nc1sc2c(F)ccc(-c3c(Cl)cc4c(N5CCCn6nc(N)c(Cl)c6C5)nc(OC[C@@]56CCCN5C[C@H](F)C6)nc4c3F)c2c1C#N. The topological polar surface area (TPSA) is 147 Å². The number of aromatic nitrogens is 4. The number of carbonyl (C=O) groups is 1. The highest BCUT2D eigenvalue weighted by molar-refractivity contribution is 7.23. The molecule has 2 aromatic carbocycles. The van der Waals surface area contributed by atoms with Gasteiger partial charge in [-0.3, -0.25) is 14.9 Å². The molecular weight excluding hydrogens is 778 g/mol. The number of carbonyl (C=O) groups excluding carboxylic acids is 1. The van der Waals surface area contributed by atoms with Gasteiger partial charge in [0.05, 0.1) is 33.1 Å². The Hall–Kier alpha value is -4.56. The van der Waals surface area contributed by atoms with Crippen molar-refractivity contribution in [2.45, 2.75) is 76.9 Å². The van der Waals surface area contributed by atoms with Crippen LogP contribution in [0.3, 0.4) is 0 Å². The first-order chi connectivity index (χ1) is 26.2. The van der Waals surface area contributed by atoms with Gasteiger partial charge in [-0.25, -0.2) is 18.0 Å². The van der Waals surface area contributed by atoms with Gasteiger partial charge in [-0.15, -0.1) is 11.3 Å². The minimum absolute atomic E-state index is 0.00325. The number of ether oxygens (including phenoxy) is 2. The number of anilines is 3. The van der Waals surface area contributed by atoms with Crippen molar-refractivity contribution in [1.82, 2.24) is 24.6 Å². The van der Waals surface area contributed by atoms with Crippen LogP contribution in [0.4, 0.5) is 34.6 Å². The summed E-state index contributed by atoms with van der Waals surface area (Å²) in [6.07, 6.45) is 0.746. The average Bonchev–Trinajstić information content (AvgIpc) is 3.79. The van der Waals surface area contributed by atoms with E-state index in [1.807, 2.05) is 11.0 Å². The van der Waals surface area contributed by atoms with Gasteiger partial charge in [-0.1, -0.05) is 29.3 Å². The molecule has 0 bridgehead atoms. The molecule has 8 rings (SSSR count). The third-order valence-electron chi connectivity index (χ3n) is 10.3. The van der Waals surface area contributed by atoms with Gasteiger partial charge in [-0.05, 0) is 64.3 Å². The third kappa shape index (κ3) is 6.64. The standard InChI is InChI=1S/C37H36Cl2F3N9O3S/c1-36(2,3)54-35(52)47-33-21(14-43)25-19(6-7-23(41)30(25)55-33)26-22(38)12-20-29(28(26)42)45-34(53-17-37-8-4-10-50(37)15-18(40)13-37)46-32(20)49-9-5-11-51-24(16-49)27(39)31(44)48-51/h6-7,12,18H,4-5,8-11,13,15-17H2,1-3H3,(H2,44,48)(H,47,52)/t18-,37+/m1/s1. The van der Waals surface area contributed by atoms with Crippen LogP contribution in [0, 0.1) is 23.0 Å². The van der Waals surface area contributed by atoms with Gasteiger partial charge in [0.25, 0.3) is 0 Å². The highest BCUT2D eigenvalue weighted by Gasteiger charge is 2.49. The van der Waals surface area contributed by atoms with Crippen LogP contribution in [0.5, 0.6) is 6.01 Å². The molecule has 0 radical (unpaired) electrons. The number of nitrogens with zero attached hydrogens (tertiary/aromatic N) is 7. The number of aryl methyl sites for hydroxylation is 1. The Morgan fingerprint density at radius 1 is 1.20 bits per heavy atom. The third-order valence-corrected chi connectivity index (χ3v) is 12.1. The van der Waals surface area contributed by atoms with Crippen LogP contribution in [0.2, 0.25) is 10.0 Å². The van der Waals surface area contributed by atoms with E-state index in [2.05, 4.69) is 20.3 Å². The zero-order valence-corrected chi connectivity index (χ0v) is 32.4. The van der Waals surface area contributed by atoms with Crippen molar-refractivity contribution in [3.05, 3.63) is 51.1 Å². The Balaban J connectivity index is 1.28. The number of halogens is 5. The van der Waals surface area contributed by atoms with Crippen LogP contribution in [0.15, 0.2) is 18.2 Å². The Bertz CT molecular complexity index is 2430. The van der Waals surface area contributed by atoms with Crippen LogP contribution in [-0.2, 0) is 17.8 Å². The number of benzene rings is 2. The summed E-state index contributed by atoms with van der Waals surface area (Å²) in [6, 6.07) is 5.93. The number of nitrogen functional groups attached to an aromatic ring is 1. The molecule has 3 aliphatic heterocycles. The van der Waals surface area contributed by atoms with Crippen molar-refractivity contribution in [3.8, 4) is 23.2 Å². The van der Waals surface area contributed by atoms with Gasteiger partial charge >= 0.3 is 12.1 Å². The fourth-order valence-corrected chi connectivity index (χ4v) is 9.57. The Morgan fingerprint density at radius 2 is 2.00 bits per heavy atom. The zero-order valence-electron chi connectivity index (χ0n) is 30.1. The van der Waals surface area contributed by atoms with Crippen molar-refractivity contribution in [1.29, 1.82) is 5.26 Å². The Kier molecular flexibility index (Phi) is 9.43. The lowest BCUT2D eigenvalue weighted by Crippen LogP contribution is -2.43. The zero-order chi connectivity index (χ0) is 39.0. The molecule has 6 heterocycles. The molecule has 3 N–H and O–H groups in total. The van der Waals surface area contributed by atoms with Crippen molar-refractivity contribution >= 4 is 78.3 Å². The first-order valence-electron chi connectivity index (χ1n) is 17.8. The molecule has 2 saturated heterocycles. The van der Waals surface area contributed by atoms with Gasteiger partial charge in [-0.2, -0.15) is 20.3 Å². The molecule has 12 nitrogen and oxygen atoms in total. The first-order valence-corrected chi connectivity index (χ1v) is 19.4. The fourth-order valence-electron chi connectivity index (χ4n) is 8.01. The molecule has 2 fully saturated rings. The number of hydrogen-bond acceptors (Lipinski definition) is 11. The van der Waals surface area contributed by atoms with Crippen molar-refractivity contribution in [3.63, 3.8) is 0 Å². The smallest absolute Gasteiger partial charge is 0.412 e. The molecule has 1 amide bonds. The maximum absolute atomic E-state index is 17.4. The van der Waals surface area contributed by atoms with Gasteiger partial charge in [0.15, 0.2) is 11.6 Å². The number of hydrogen-bond donors (Lipinski definition) is 2. The van der Waals surface area contributed by atoms with Crippen LogP contribution < -0.4 is 20.7 Å². The Labute approximate surface area is 327 Å². The highest BCUT2D eigenvalue weighted by atomic mass is 35.5. The second-order valence-electron chi connectivity index (χ2n) is 15.1. The van der Waals surface area contributed by atoms with Gasteiger partial charge < -0.3 is 20.1 Å². The largest absolute Gasteiger partial charge is 0.461 e. The quantitative estimate of drug-likeness (QED) is 0.171. The minimum Gasteiger partial charge on any atom is -0.461 e. The van der Waals surface area contributed by atoms with Crippen molar-refractivity contribution in [2.75, 3.05) is 42.2 Å². The number of nitriles is 1. The van der Waals surface area contributed by atoms with Gasteiger partial charge in [0.1, 0.15) is 51.6 Å². The van der Waals surface area contributed by atoms with Crippen molar-refractivity contribution < 1.29 is 27.4 Å². The van der Waals surface area contributed by atoms with Crippen LogP contribution in [0.25, 0.3) is 32.1 Å². The molecule has 288 valence electrons. The van der Waals surface area contributed by atoms with E-state index in [9.17, 15) is 14.4 Å². The molecule has 0 unspecified atom stereocenters. The maximum Gasteiger partial charge on any atom is 0.412 e. The molecule has 3 aromatic heterocycles. The van der Waals surface area contributed by atoms with E-state index < -0.39 is 35.0 Å². The summed E-state index contributed by atoms with van der Waals surface area (Å²) in [5.74, 6) is -1.04.